The summed E-state index contributed by atoms with van der Waals surface area (Å²) in [6.45, 7) is 5.41. The van der Waals surface area contributed by atoms with Crippen molar-refractivity contribution < 1.29 is 9.21 Å². The molecule has 3 aromatic rings. The topological polar surface area (TPSA) is 64.2 Å². The van der Waals surface area contributed by atoms with Crippen LogP contribution in [0.15, 0.2) is 34.8 Å². The van der Waals surface area contributed by atoms with Gasteiger partial charge in [-0.15, -0.1) is 0 Å². The summed E-state index contributed by atoms with van der Waals surface area (Å²) in [4.78, 5) is 19.1. The van der Waals surface area contributed by atoms with Crippen molar-refractivity contribution >= 4 is 23.1 Å². The lowest BCUT2D eigenvalue weighted by molar-refractivity contribution is -0.127. The first-order chi connectivity index (χ1) is 13.0. The standard InChI is InChI=1S/C21H24N4O2/c1-14-17(15(2)24(3)23-14)8-9-20(26)25-12-10-16(11-13-25)21-22-18-6-4-5-7-19(18)27-21/h4-9,16H,10-13H2,1-3H3/b9-8+. The summed E-state index contributed by atoms with van der Waals surface area (Å²) in [6, 6.07) is 7.83. The Hall–Kier alpha value is -2.89. The smallest absolute Gasteiger partial charge is 0.246 e. The summed E-state index contributed by atoms with van der Waals surface area (Å²) in [5.74, 6) is 1.11. The van der Waals surface area contributed by atoms with Crippen molar-refractivity contribution in [2.24, 2.45) is 7.05 Å². The Kier molecular flexibility index (Phi) is 4.56. The van der Waals surface area contributed by atoms with Crippen LogP contribution in [0.3, 0.4) is 0 Å². The van der Waals surface area contributed by atoms with Gasteiger partial charge in [0.2, 0.25) is 5.91 Å². The molecule has 2 aromatic heterocycles. The minimum Gasteiger partial charge on any atom is -0.440 e. The van der Waals surface area contributed by atoms with Gasteiger partial charge in [0.25, 0.3) is 0 Å². The van der Waals surface area contributed by atoms with Gasteiger partial charge in [-0.3, -0.25) is 9.48 Å². The van der Waals surface area contributed by atoms with E-state index in [1.807, 2.05) is 60.8 Å². The number of likely N-dealkylation sites (tertiary alicyclic amines) is 1. The van der Waals surface area contributed by atoms with E-state index in [9.17, 15) is 4.79 Å². The molecule has 6 nitrogen and oxygen atoms in total. The van der Waals surface area contributed by atoms with E-state index in [0.717, 1.165) is 59.9 Å². The van der Waals surface area contributed by atoms with Gasteiger partial charge in [-0.05, 0) is 44.9 Å². The molecule has 0 spiro atoms. The lowest BCUT2D eigenvalue weighted by atomic mass is 9.96. The number of amides is 1. The van der Waals surface area contributed by atoms with Crippen molar-refractivity contribution in [3.8, 4) is 0 Å². The number of rotatable bonds is 3. The first kappa shape index (κ1) is 17.5. The molecule has 1 aromatic carbocycles. The first-order valence-corrected chi connectivity index (χ1v) is 9.35. The molecule has 1 amide bonds. The van der Waals surface area contributed by atoms with Crippen LogP contribution < -0.4 is 0 Å². The molecular weight excluding hydrogens is 340 g/mol. The number of hydrogen-bond donors (Lipinski definition) is 0. The van der Waals surface area contributed by atoms with Crippen molar-refractivity contribution in [1.29, 1.82) is 0 Å². The summed E-state index contributed by atoms with van der Waals surface area (Å²) < 4.78 is 7.74. The van der Waals surface area contributed by atoms with Crippen LogP contribution in [0, 0.1) is 13.8 Å². The van der Waals surface area contributed by atoms with Gasteiger partial charge in [-0.2, -0.15) is 5.10 Å². The fourth-order valence-corrected chi connectivity index (χ4v) is 3.70. The molecule has 1 aliphatic rings. The Morgan fingerprint density at radius 1 is 1.22 bits per heavy atom. The van der Waals surface area contributed by atoms with Crippen molar-refractivity contribution in [3.63, 3.8) is 0 Å². The molecule has 6 heteroatoms. The van der Waals surface area contributed by atoms with E-state index in [2.05, 4.69) is 10.1 Å². The zero-order valence-corrected chi connectivity index (χ0v) is 16.0. The van der Waals surface area contributed by atoms with Crippen molar-refractivity contribution in [2.75, 3.05) is 13.1 Å². The van der Waals surface area contributed by atoms with E-state index in [-0.39, 0.29) is 11.8 Å². The number of para-hydroxylation sites is 2. The molecule has 1 aliphatic heterocycles. The molecule has 1 fully saturated rings. The molecule has 0 radical (unpaired) electrons. The van der Waals surface area contributed by atoms with E-state index in [4.69, 9.17) is 4.42 Å². The van der Waals surface area contributed by atoms with Crippen molar-refractivity contribution in [2.45, 2.75) is 32.6 Å². The number of carbonyl (C=O) groups excluding carboxylic acids is 1. The van der Waals surface area contributed by atoms with Crippen molar-refractivity contribution in [1.82, 2.24) is 19.7 Å². The maximum Gasteiger partial charge on any atom is 0.246 e. The molecular formula is C21H24N4O2. The van der Waals surface area contributed by atoms with E-state index >= 15 is 0 Å². The number of hydrogen-bond acceptors (Lipinski definition) is 4. The van der Waals surface area contributed by atoms with Crippen LogP contribution in [0.4, 0.5) is 0 Å². The van der Waals surface area contributed by atoms with Gasteiger partial charge in [0.1, 0.15) is 5.52 Å². The van der Waals surface area contributed by atoms with Gasteiger partial charge in [0.05, 0.1) is 5.69 Å². The second-order valence-electron chi connectivity index (χ2n) is 7.16. The fraction of sp³-hybridized carbons (Fsp3) is 0.381. The number of nitrogens with zero attached hydrogens (tertiary/aromatic N) is 4. The highest BCUT2D eigenvalue weighted by molar-refractivity contribution is 5.92. The van der Waals surface area contributed by atoms with Crippen LogP contribution in [0.25, 0.3) is 17.2 Å². The lowest BCUT2D eigenvalue weighted by Gasteiger charge is -2.29. The number of carbonyl (C=O) groups is 1. The molecule has 0 aliphatic carbocycles. The third-order valence-electron chi connectivity index (χ3n) is 5.42. The van der Waals surface area contributed by atoms with E-state index in [0.29, 0.717) is 0 Å². The van der Waals surface area contributed by atoms with Crippen LogP contribution in [0.2, 0.25) is 0 Å². The first-order valence-electron chi connectivity index (χ1n) is 9.35. The van der Waals surface area contributed by atoms with Crippen LogP contribution in [-0.2, 0) is 11.8 Å². The average molecular weight is 364 g/mol. The molecule has 0 bridgehead atoms. The maximum absolute atomic E-state index is 12.6. The third-order valence-corrected chi connectivity index (χ3v) is 5.42. The van der Waals surface area contributed by atoms with Gasteiger partial charge in [0.15, 0.2) is 11.5 Å². The van der Waals surface area contributed by atoms with Crippen LogP contribution in [0.1, 0.15) is 41.6 Å². The number of aryl methyl sites for hydroxylation is 2. The Labute approximate surface area is 158 Å². The summed E-state index contributed by atoms with van der Waals surface area (Å²) >= 11 is 0. The quantitative estimate of drug-likeness (QED) is 0.666. The number of aromatic nitrogens is 3. The Balaban J connectivity index is 1.39. The van der Waals surface area contributed by atoms with Gasteiger partial charge < -0.3 is 9.32 Å². The number of fused-ring (bicyclic) bond motifs is 1. The van der Waals surface area contributed by atoms with Crippen LogP contribution in [0.5, 0.6) is 0 Å². The summed E-state index contributed by atoms with van der Waals surface area (Å²) in [7, 11) is 1.92. The molecule has 0 N–H and O–H groups in total. The molecule has 3 heterocycles. The highest BCUT2D eigenvalue weighted by atomic mass is 16.3. The highest BCUT2D eigenvalue weighted by Gasteiger charge is 2.26. The van der Waals surface area contributed by atoms with Crippen molar-refractivity contribution in [3.05, 3.63) is 53.2 Å². The molecule has 27 heavy (non-hydrogen) atoms. The number of oxazole rings is 1. The van der Waals surface area contributed by atoms with E-state index < -0.39 is 0 Å². The SMILES string of the molecule is Cc1nn(C)c(C)c1/C=C/C(=O)N1CCC(c2nc3ccccc3o2)CC1. The average Bonchev–Trinajstić information content (AvgIpc) is 3.21. The van der Waals surface area contributed by atoms with E-state index in [1.54, 1.807) is 6.08 Å². The molecule has 140 valence electrons. The minimum absolute atomic E-state index is 0.0497. The second-order valence-corrected chi connectivity index (χ2v) is 7.16. The molecule has 0 atom stereocenters. The summed E-state index contributed by atoms with van der Waals surface area (Å²) in [5.41, 5.74) is 4.75. The molecule has 0 saturated carbocycles. The third kappa shape index (κ3) is 3.39. The monoisotopic (exact) mass is 364 g/mol. The number of piperidine rings is 1. The fourth-order valence-electron chi connectivity index (χ4n) is 3.70. The Morgan fingerprint density at radius 2 is 1.96 bits per heavy atom. The molecule has 4 rings (SSSR count). The van der Waals surface area contributed by atoms with Gasteiger partial charge in [-0.25, -0.2) is 4.98 Å². The lowest BCUT2D eigenvalue weighted by Crippen LogP contribution is -2.36. The van der Waals surface area contributed by atoms with Gasteiger partial charge >= 0.3 is 0 Å². The Bertz CT molecular complexity index is 974. The van der Waals surface area contributed by atoms with Gasteiger partial charge in [0, 0.05) is 43.4 Å². The highest BCUT2D eigenvalue weighted by Crippen LogP contribution is 2.30. The predicted molar refractivity (Wildman–Crippen MR) is 104 cm³/mol. The minimum atomic E-state index is 0.0497. The zero-order valence-electron chi connectivity index (χ0n) is 16.0. The zero-order chi connectivity index (χ0) is 19.0. The van der Waals surface area contributed by atoms with Crippen LogP contribution >= 0.6 is 0 Å². The molecule has 0 unspecified atom stereocenters. The predicted octanol–water partition coefficient (Wildman–Crippen LogP) is 3.60. The Morgan fingerprint density at radius 3 is 2.63 bits per heavy atom. The summed E-state index contributed by atoms with van der Waals surface area (Å²) in [5, 5.41) is 4.39. The second kappa shape index (κ2) is 7.02. The normalized spacial score (nSPS) is 15.9. The van der Waals surface area contributed by atoms with Crippen LogP contribution in [-0.4, -0.2) is 38.7 Å². The van der Waals surface area contributed by atoms with Gasteiger partial charge in [-0.1, -0.05) is 12.1 Å². The van der Waals surface area contributed by atoms with E-state index in [1.165, 1.54) is 0 Å². The number of benzene rings is 1. The maximum atomic E-state index is 12.6. The summed E-state index contributed by atoms with van der Waals surface area (Å²) in [6.07, 6.45) is 5.29. The largest absolute Gasteiger partial charge is 0.440 e. The molecule has 1 saturated heterocycles.